The number of piperazine rings is 1. The Labute approximate surface area is 144 Å². The van der Waals surface area contributed by atoms with Crippen LogP contribution in [-0.4, -0.2) is 36.1 Å². The molecule has 0 bridgehead atoms. The molecule has 122 valence electrons. The Morgan fingerprint density at radius 3 is 2.08 bits per heavy atom. The molecule has 0 radical (unpaired) electrons. The van der Waals surface area contributed by atoms with Crippen LogP contribution in [-0.2, 0) is 0 Å². The Morgan fingerprint density at radius 2 is 1.38 bits per heavy atom. The number of nitrogens with zero attached hydrogens (tertiary/aromatic N) is 4. The van der Waals surface area contributed by atoms with E-state index >= 15 is 0 Å². The summed E-state index contributed by atoms with van der Waals surface area (Å²) in [6, 6.07) is 14.5. The van der Waals surface area contributed by atoms with E-state index in [0.717, 1.165) is 24.1 Å². The highest BCUT2D eigenvalue weighted by atomic mass is 35.5. The van der Waals surface area contributed by atoms with E-state index in [0.29, 0.717) is 29.7 Å². The average molecular weight is 343 g/mol. The second-order valence-corrected chi connectivity index (χ2v) is 6.11. The molecule has 4 nitrogen and oxygen atoms in total. The molecule has 4 rings (SSSR count). The summed E-state index contributed by atoms with van der Waals surface area (Å²) >= 11 is 6.33. The lowest BCUT2D eigenvalue weighted by molar-refractivity contribution is 0.596. The molecule has 3 aromatic rings. The molecule has 1 aromatic heterocycles. The number of hydrogen-bond acceptors (Lipinski definition) is 4. The largest absolute Gasteiger partial charge is 0.366 e. The second-order valence-electron chi connectivity index (χ2n) is 5.75. The van der Waals surface area contributed by atoms with Gasteiger partial charge in [0.15, 0.2) is 11.0 Å². The fourth-order valence-electron chi connectivity index (χ4n) is 3.04. The topological polar surface area (TPSA) is 32.3 Å². The molecule has 1 aliphatic rings. The summed E-state index contributed by atoms with van der Waals surface area (Å²) < 4.78 is 13.9. The molecule has 1 fully saturated rings. The van der Waals surface area contributed by atoms with Crippen molar-refractivity contribution >= 4 is 34.1 Å². The zero-order chi connectivity index (χ0) is 16.5. The number of fused-ring (bicyclic) bond motifs is 1. The first-order valence-corrected chi connectivity index (χ1v) is 8.27. The number of halogens is 2. The fraction of sp³-hybridized carbons (Fsp3) is 0.222. The molecule has 0 saturated carbocycles. The van der Waals surface area contributed by atoms with Gasteiger partial charge >= 0.3 is 0 Å². The molecule has 0 aliphatic carbocycles. The normalized spacial score (nSPS) is 15.1. The third-order valence-electron chi connectivity index (χ3n) is 4.28. The third kappa shape index (κ3) is 2.76. The van der Waals surface area contributed by atoms with Gasteiger partial charge in [0.25, 0.3) is 0 Å². The van der Waals surface area contributed by atoms with Crippen LogP contribution in [0.2, 0.25) is 5.15 Å². The quantitative estimate of drug-likeness (QED) is 0.710. The van der Waals surface area contributed by atoms with Crippen molar-refractivity contribution < 1.29 is 4.39 Å². The Bertz CT molecular complexity index is 878. The first-order chi connectivity index (χ1) is 11.7. The number of aromatic nitrogens is 2. The van der Waals surface area contributed by atoms with Crippen molar-refractivity contribution in [2.24, 2.45) is 0 Å². The zero-order valence-corrected chi connectivity index (χ0v) is 13.7. The van der Waals surface area contributed by atoms with Crippen molar-refractivity contribution in [3.8, 4) is 0 Å². The lowest BCUT2D eigenvalue weighted by Gasteiger charge is -2.37. The third-order valence-corrected chi connectivity index (χ3v) is 4.54. The second kappa shape index (κ2) is 6.24. The number of rotatable bonds is 2. The van der Waals surface area contributed by atoms with E-state index in [9.17, 15) is 4.39 Å². The van der Waals surface area contributed by atoms with Gasteiger partial charge in [0.05, 0.1) is 16.7 Å². The maximum absolute atomic E-state index is 13.9. The minimum Gasteiger partial charge on any atom is -0.366 e. The van der Waals surface area contributed by atoms with E-state index in [1.807, 2.05) is 41.3 Å². The maximum Gasteiger partial charge on any atom is 0.172 e. The van der Waals surface area contributed by atoms with Gasteiger partial charge in [0.2, 0.25) is 0 Å². The van der Waals surface area contributed by atoms with E-state index < -0.39 is 0 Å². The Morgan fingerprint density at radius 1 is 0.792 bits per heavy atom. The molecule has 6 heteroatoms. The van der Waals surface area contributed by atoms with Crippen LogP contribution in [0.3, 0.4) is 0 Å². The van der Waals surface area contributed by atoms with Gasteiger partial charge in [-0.2, -0.15) is 0 Å². The highest BCUT2D eigenvalue weighted by Crippen LogP contribution is 2.27. The summed E-state index contributed by atoms with van der Waals surface area (Å²) in [7, 11) is 0. The van der Waals surface area contributed by atoms with Crippen LogP contribution >= 0.6 is 11.6 Å². The Hall–Kier alpha value is -2.40. The van der Waals surface area contributed by atoms with E-state index in [1.165, 1.54) is 6.07 Å². The molecular formula is C18H16ClFN4. The summed E-state index contributed by atoms with van der Waals surface area (Å²) in [4.78, 5) is 13.2. The Kier molecular flexibility index (Phi) is 3.94. The van der Waals surface area contributed by atoms with Crippen molar-refractivity contribution in [3.63, 3.8) is 0 Å². The number of hydrogen-bond donors (Lipinski definition) is 0. The molecular weight excluding hydrogens is 327 g/mol. The van der Waals surface area contributed by atoms with Crippen LogP contribution in [0.25, 0.3) is 11.0 Å². The van der Waals surface area contributed by atoms with E-state index in [-0.39, 0.29) is 5.82 Å². The van der Waals surface area contributed by atoms with Crippen molar-refractivity contribution in [2.75, 3.05) is 36.0 Å². The molecule has 2 heterocycles. The maximum atomic E-state index is 13.9. The van der Waals surface area contributed by atoms with Gasteiger partial charge in [-0.05, 0) is 24.3 Å². The van der Waals surface area contributed by atoms with Gasteiger partial charge in [0.1, 0.15) is 5.82 Å². The van der Waals surface area contributed by atoms with E-state index in [2.05, 4.69) is 14.9 Å². The van der Waals surface area contributed by atoms with Crippen molar-refractivity contribution in [1.82, 2.24) is 9.97 Å². The van der Waals surface area contributed by atoms with Gasteiger partial charge < -0.3 is 9.80 Å². The zero-order valence-electron chi connectivity index (χ0n) is 13.0. The minimum absolute atomic E-state index is 0.186. The molecule has 1 aliphatic heterocycles. The fourth-order valence-corrected chi connectivity index (χ4v) is 3.29. The lowest BCUT2D eigenvalue weighted by atomic mass is 10.2. The Balaban J connectivity index is 1.56. The predicted molar refractivity (Wildman–Crippen MR) is 95.4 cm³/mol. The monoisotopic (exact) mass is 342 g/mol. The molecule has 0 spiro atoms. The molecule has 24 heavy (non-hydrogen) atoms. The summed E-state index contributed by atoms with van der Waals surface area (Å²) in [5.41, 5.74) is 2.26. The summed E-state index contributed by atoms with van der Waals surface area (Å²) in [5.74, 6) is 0.512. The number of anilines is 2. The smallest absolute Gasteiger partial charge is 0.172 e. The first-order valence-electron chi connectivity index (χ1n) is 7.89. The predicted octanol–water partition coefficient (Wildman–Crippen LogP) is 3.75. The van der Waals surface area contributed by atoms with Gasteiger partial charge in [-0.25, -0.2) is 14.4 Å². The van der Waals surface area contributed by atoms with E-state index in [1.54, 1.807) is 6.07 Å². The SMILES string of the molecule is Fc1ccccc1N1CCN(c2nc3ccccc3nc2Cl)CC1. The summed E-state index contributed by atoms with van der Waals surface area (Å²) in [6.45, 7) is 2.87. The van der Waals surface area contributed by atoms with Crippen LogP contribution in [0.1, 0.15) is 0 Å². The molecule has 1 saturated heterocycles. The van der Waals surface area contributed by atoms with Crippen molar-refractivity contribution in [1.29, 1.82) is 0 Å². The highest BCUT2D eigenvalue weighted by molar-refractivity contribution is 6.32. The van der Waals surface area contributed by atoms with Gasteiger partial charge in [-0.3, -0.25) is 0 Å². The molecule has 0 N–H and O–H groups in total. The van der Waals surface area contributed by atoms with E-state index in [4.69, 9.17) is 11.6 Å². The van der Waals surface area contributed by atoms with Crippen LogP contribution in [0.15, 0.2) is 48.5 Å². The summed E-state index contributed by atoms with van der Waals surface area (Å²) in [6.07, 6.45) is 0. The molecule has 0 unspecified atom stereocenters. The van der Waals surface area contributed by atoms with Crippen LogP contribution in [0.5, 0.6) is 0 Å². The number of benzene rings is 2. The number of para-hydroxylation sites is 3. The first kappa shape index (κ1) is 15.1. The molecule has 2 aromatic carbocycles. The molecule has 0 atom stereocenters. The highest BCUT2D eigenvalue weighted by Gasteiger charge is 2.22. The van der Waals surface area contributed by atoms with Crippen LogP contribution < -0.4 is 9.80 Å². The van der Waals surface area contributed by atoms with Crippen LogP contribution in [0, 0.1) is 5.82 Å². The van der Waals surface area contributed by atoms with Gasteiger partial charge in [-0.1, -0.05) is 35.9 Å². The van der Waals surface area contributed by atoms with Gasteiger partial charge in [-0.15, -0.1) is 0 Å². The standard InChI is InChI=1S/C18H16ClFN4/c19-17-18(22-15-7-3-2-6-14(15)21-17)24-11-9-23(10-12-24)16-8-4-1-5-13(16)20/h1-8H,9-12H2. The summed E-state index contributed by atoms with van der Waals surface area (Å²) in [5, 5.41) is 0.410. The lowest BCUT2D eigenvalue weighted by Crippen LogP contribution is -2.47. The average Bonchev–Trinajstić information content (AvgIpc) is 2.62. The van der Waals surface area contributed by atoms with Crippen molar-refractivity contribution in [3.05, 3.63) is 59.5 Å². The van der Waals surface area contributed by atoms with Gasteiger partial charge in [0, 0.05) is 26.2 Å². The minimum atomic E-state index is -0.186. The van der Waals surface area contributed by atoms with Crippen molar-refractivity contribution in [2.45, 2.75) is 0 Å². The van der Waals surface area contributed by atoms with Crippen LogP contribution in [0.4, 0.5) is 15.9 Å². The molecule has 0 amide bonds.